The number of fused-ring (bicyclic) bond motifs is 1. The maximum Gasteiger partial charge on any atom is 0.231 e. The monoisotopic (exact) mass is 391 g/mol. The van der Waals surface area contributed by atoms with Crippen LogP contribution >= 0.6 is 0 Å². The van der Waals surface area contributed by atoms with Gasteiger partial charge in [-0.3, -0.25) is 0 Å². The highest BCUT2D eigenvalue weighted by atomic mass is 19.1. The molecule has 3 heterocycles. The molecule has 0 N–H and O–H groups in total. The van der Waals surface area contributed by atoms with Crippen LogP contribution in [0.1, 0.15) is 34.4 Å². The van der Waals surface area contributed by atoms with Crippen LogP contribution in [-0.4, -0.2) is 25.1 Å². The summed E-state index contributed by atoms with van der Waals surface area (Å²) in [6, 6.07) is 14.5. The summed E-state index contributed by atoms with van der Waals surface area (Å²) in [5.74, 6) is 0.531. The molecule has 1 aliphatic rings. The van der Waals surface area contributed by atoms with Crippen LogP contribution in [0.25, 0.3) is 11.5 Å². The Labute approximate surface area is 166 Å². The summed E-state index contributed by atoms with van der Waals surface area (Å²) in [6.07, 6.45) is 0.347. The fourth-order valence-corrected chi connectivity index (χ4v) is 3.37. The maximum absolute atomic E-state index is 13.0. The van der Waals surface area contributed by atoms with E-state index in [4.69, 9.17) is 9.26 Å². The summed E-state index contributed by atoms with van der Waals surface area (Å²) in [4.78, 5) is 4.42. The highest BCUT2D eigenvalue weighted by Crippen LogP contribution is 2.30. The van der Waals surface area contributed by atoms with Gasteiger partial charge in [-0.2, -0.15) is 4.98 Å². The van der Waals surface area contributed by atoms with E-state index in [0.29, 0.717) is 37.0 Å². The normalized spacial score (nSPS) is 16.0. The van der Waals surface area contributed by atoms with Gasteiger partial charge in [-0.05, 0) is 30.2 Å². The van der Waals surface area contributed by atoms with Crippen LogP contribution in [0, 0.1) is 12.7 Å². The number of benzene rings is 2. The van der Waals surface area contributed by atoms with E-state index in [2.05, 4.69) is 51.6 Å². The lowest BCUT2D eigenvalue weighted by Crippen LogP contribution is -2.22. The first-order chi connectivity index (χ1) is 14.2. The summed E-state index contributed by atoms with van der Waals surface area (Å²) >= 11 is 0. The number of hydrogen-bond donors (Lipinski definition) is 0. The van der Waals surface area contributed by atoms with Crippen molar-refractivity contribution >= 4 is 0 Å². The van der Waals surface area contributed by atoms with Gasteiger partial charge in [-0.1, -0.05) is 52.3 Å². The van der Waals surface area contributed by atoms with Crippen LogP contribution in [0.15, 0.2) is 53.1 Å². The van der Waals surface area contributed by atoms with Crippen LogP contribution in [0.3, 0.4) is 0 Å². The Morgan fingerprint density at radius 1 is 1.10 bits per heavy atom. The fourth-order valence-electron chi connectivity index (χ4n) is 3.37. The molecule has 0 saturated heterocycles. The van der Waals surface area contributed by atoms with Gasteiger partial charge in [0.1, 0.15) is 11.9 Å². The van der Waals surface area contributed by atoms with E-state index in [1.165, 1.54) is 17.7 Å². The molecule has 4 aromatic rings. The number of aromatic nitrogens is 5. The molecule has 8 heteroatoms. The number of nitrogens with zero attached hydrogens (tertiary/aromatic N) is 5. The quantitative estimate of drug-likeness (QED) is 0.529. The highest BCUT2D eigenvalue weighted by Gasteiger charge is 2.27. The summed E-state index contributed by atoms with van der Waals surface area (Å²) in [7, 11) is 0. The van der Waals surface area contributed by atoms with E-state index < -0.39 is 0 Å². The first kappa shape index (κ1) is 17.7. The molecular formula is C21H18FN5O2. The Bertz CT molecular complexity index is 1130. The zero-order chi connectivity index (χ0) is 19.8. The van der Waals surface area contributed by atoms with Crippen molar-refractivity contribution in [3.63, 3.8) is 0 Å². The lowest BCUT2D eigenvalue weighted by Gasteiger charge is -2.24. The number of ether oxygens (including phenoxy) is 1. The largest absolute Gasteiger partial charge is 0.365 e. The van der Waals surface area contributed by atoms with E-state index in [1.807, 2.05) is 4.68 Å². The molecule has 0 bridgehead atoms. The van der Waals surface area contributed by atoms with Crippen LogP contribution < -0.4 is 0 Å². The number of hydrogen-bond acceptors (Lipinski definition) is 6. The van der Waals surface area contributed by atoms with Crippen LogP contribution in [0.4, 0.5) is 4.39 Å². The second-order valence-electron chi connectivity index (χ2n) is 7.09. The lowest BCUT2D eigenvalue weighted by molar-refractivity contribution is -0.00112. The van der Waals surface area contributed by atoms with Gasteiger partial charge in [0.2, 0.25) is 11.7 Å². The molecule has 0 fully saturated rings. The van der Waals surface area contributed by atoms with Gasteiger partial charge in [0.05, 0.1) is 25.3 Å². The number of rotatable bonds is 4. The van der Waals surface area contributed by atoms with Crippen LogP contribution in [0.5, 0.6) is 0 Å². The van der Waals surface area contributed by atoms with Gasteiger partial charge in [0, 0.05) is 0 Å². The van der Waals surface area contributed by atoms with Crippen molar-refractivity contribution in [1.29, 1.82) is 0 Å². The second kappa shape index (κ2) is 7.21. The van der Waals surface area contributed by atoms with Gasteiger partial charge in [0.15, 0.2) is 5.69 Å². The first-order valence-corrected chi connectivity index (χ1v) is 9.33. The van der Waals surface area contributed by atoms with Gasteiger partial charge < -0.3 is 9.26 Å². The van der Waals surface area contributed by atoms with Gasteiger partial charge in [0.25, 0.3) is 0 Å². The average Bonchev–Trinajstić information content (AvgIpc) is 3.36. The minimum atomic E-state index is -0.278. The number of halogens is 1. The van der Waals surface area contributed by atoms with Crippen molar-refractivity contribution in [3.05, 3.63) is 82.6 Å². The summed E-state index contributed by atoms with van der Waals surface area (Å²) in [6.45, 7) is 3.00. The van der Waals surface area contributed by atoms with Crippen molar-refractivity contribution in [2.75, 3.05) is 0 Å². The summed E-state index contributed by atoms with van der Waals surface area (Å²) in [5, 5.41) is 12.5. The van der Waals surface area contributed by atoms with Crippen molar-refractivity contribution in [3.8, 4) is 11.5 Å². The molecule has 0 unspecified atom stereocenters. The van der Waals surface area contributed by atoms with Gasteiger partial charge in [-0.25, -0.2) is 9.07 Å². The average molecular weight is 391 g/mol. The Kier molecular flexibility index (Phi) is 4.40. The van der Waals surface area contributed by atoms with Crippen molar-refractivity contribution < 1.29 is 13.7 Å². The Morgan fingerprint density at radius 2 is 1.90 bits per heavy atom. The van der Waals surface area contributed by atoms with E-state index in [1.54, 1.807) is 12.1 Å². The van der Waals surface area contributed by atoms with Crippen LogP contribution in [0.2, 0.25) is 0 Å². The van der Waals surface area contributed by atoms with Crippen molar-refractivity contribution in [1.82, 2.24) is 25.1 Å². The zero-order valence-corrected chi connectivity index (χ0v) is 15.7. The predicted molar refractivity (Wildman–Crippen MR) is 101 cm³/mol. The SMILES string of the molecule is Cc1ccc([C@H]2Cn3nnc(-c4noc(Cc5ccc(F)cc5)n4)c3CO2)cc1. The highest BCUT2D eigenvalue weighted by molar-refractivity contribution is 5.51. The first-order valence-electron chi connectivity index (χ1n) is 9.33. The number of aryl methyl sites for hydroxylation is 1. The third-order valence-electron chi connectivity index (χ3n) is 5.00. The molecule has 0 aliphatic carbocycles. The van der Waals surface area contributed by atoms with Crippen LogP contribution in [-0.2, 0) is 24.3 Å². The zero-order valence-electron chi connectivity index (χ0n) is 15.7. The molecule has 0 saturated carbocycles. The molecular weight excluding hydrogens is 373 g/mol. The van der Waals surface area contributed by atoms with E-state index in [9.17, 15) is 4.39 Å². The molecule has 0 amide bonds. The molecule has 1 atom stereocenters. The molecule has 29 heavy (non-hydrogen) atoms. The van der Waals surface area contributed by atoms with Crippen molar-refractivity contribution in [2.45, 2.75) is 32.6 Å². The third-order valence-corrected chi connectivity index (χ3v) is 5.00. The van der Waals surface area contributed by atoms with Crippen molar-refractivity contribution in [2.24, 2.45) is 0 Å². The molecule has 0 spiro atoms. The fraction of sp³-hybridized carbons (Fsp3) is 0.238. The lowest BCUT2D eigenvalue weighted by atomic mass is 10.1. The molecule has 2 aromatic carbocycles. The van der Waals surface area contributed by atoms with E-state index in [-0.39, 0.29) is 11.9 Å². The Morgan fingerprint density at radius 3 is 2.69 bits per heavy atom. The summed E-state index contributed by atoms with van der Waals surface area (Å²) in [5.41, 5.74) is 4.58. The topological polar surface area (TPSA) is 78.9 Å². The maximum atomic E-state index is 13.0. The van der Waals surface area contributed by atoms with E-state index in [0.717, 1.165) is 16.8 Å². The van der Waals surface area contributed by atoms with E-state index >= 15 is 0 Å². The Balaban J connectivity index is 1.34. The minimum Gasteiger partial charge on any atom is -0.365 e. The predicted octanol–water partition coefficient (Wildman–Crippen LogP) is 3.64. The second-order valence-corrected chi connectivity index (χ2v) is 7.09. The molecule has 7 nitrogen and oxygen atoms in total. The molecule has 146 valence electrons. The molecule has 5 rings (SSSR count). The summed E-state index contributed by atoms with van der Waals surface area (Å²) < 4.78 is 26.3. The van der Waals surface area contributed by atoms with Gasteiger partial charge >= 0.3 is 0 Å². The molecule has 1 aliphatic heterocycles. The standard InChI is InChI=1S/C21H18FN5O2/c1-13-2-6-15(7-3-13)18-11-27-17(12-28-18)20(24-26-27)21-23-19(29-25-21)10-14-4-8-16(22)9-5-14/h2-9,18H,10-12H2,1H3/t18-/m1/s1. The molecule has 0 radical (unpaired) electrons. The Hall–Kier alpha value is -3.39. The third kappa shape index (κ3) is 3.54. The molecule has 2 aromatic heterocycles. The minimum absolute atomic E-state index is 0.0723. The smallest absolute Gasteiger partial charge is 0.231 e. The van der Waals surface area contributed by atoms with Gasteiger partial charge in [-0.15, -0.1) is 5.10 Å².